The van der Waals surface area contributed by atoms with E-state index >= 15 is 0 Å². The second-order valence-corrected chi connectivity index (χ2v) is 4.26. The van der Waals surface area contributed by atoms with Crippen molar-refractivity contribution in [2.75, 3.05) is 0 Å². The number of oxime groups is 1. The van der Waals surface area contributed by atoms with E-state index in [0.717, 1.165) is 0 Å². The maximum absolute atomic E-state index is 11.3. The number of pyridine rings is 1. The lowest BCUT2D eigenvalue weighted by atomic mass is 10.1. The predicted octanol–water partition coefficient (Wildman–Crippen LogP) is 1.90. The molecule has 0 spiro atoms. The van der Waals surface area contributed by atoms with E-state index in [1.165, 1.54) is 6.07 Å². The van der Waals surface area contributed by atoms with Crippen LogP contribution in [0.4, 0.5) is 0 Å². The number of hydrogen-bond donors (Lipinski definition) is 2. The van der Waals surface area contributed by atoms with Gasteiger partial charge in [-0.05, 0) is 31.5 Å². The van der Waals surface area contributed by atoms with Crippen LogP contribution in [0.15, 0.2) is 46.3 Å². The highest BCUT2D eigenvalue weighted by atomic mass is 16.6. The van der Waals surface area contributed by atoms with Gasteiger partial charge in [0.25, 0.3) is 5.56 Å². The second-order valence-electron chi connectivity index (χ2n) is 4.26. The molecule has 2 aromatic rings. The molecule has 0 radical (unpaired) electrons. The van der Waals surface area contributed by atoms with Crippen LogP contribution in [0.2, 0.25) is 0 Å². The molecule has 6 nitrogen and oxygen atoms in total. The van der Waals surface area contributed by atoms with Crippen LogP contribution in [0.3, 0.4) is 0 Å². The van der Waals surface area contributed by atoms with Gasteiger partial charge in [0, 0.05) is 6.07 Å². The van der Waals surface area contributed by atoms with Crippen molar-refractivity contribution in [1.82, 2.24) is 4.73 Å². The lowest BCUT2D eigenvalue weighted by Gasteiger charge is -2.09. The monoisotopic (exact) mass is 274 g/mol. The maximum Gasteiger partial charge on any atom is 0.286 e. The summed E-state index contributed by atoms with van der Waals surface area (Å²) in [6, 6.07) is 10.1. The van der Waals surface area contributed by atoms with Crippen LogP contribution in [0.5, 0.6) is 11.6 Å². The van der Waals surface area contributed by atoms with Gasteiger partial charge in [-0.2, -0.15) is 0 Å². The zero-order valence-corrected chi connectivity index (χ0v) is 11.1. The molecule has 0 unspecified atom stereocenters. The molecule has 1 heterocycles. The molecule has 0 aliphatic heterocycles. The Bertz CT molecular complexity index is 705. The number of aromatic nitrogens is 1. The number of benzene rings is 1. The third-order valence-electron chi connectivity index (χ3n) is 2.76. The molecule has 0 fully saturated rings. The number of para-hydroxylation sites is 1. The van der Waals surface area contributed by atoms with E-state index in [4.69, 9.17) is 4.84 Å². The molecule has 2 rings (SSSR count). The van der Waals surface area contributed by atoms with E-state index in [-0.39, 0.29) is 10.3 Å². The Labute approximate surface area is 115 Å². The number of aryl methyl sites for hydroxylation is 1. The summed E-state index contributed by atoms with van der Waals surface area (Å²) in [4.78, 5) is 16.5. The van der Waals surface area contributed by atoms with E-state index in [2.05, 4.69) is 5.16 Å². The molecule has 104 valence electrons. The van der Waals surface area contributed by atoms with E-state index in [1.54, 1.807) is 38.1 Å². The van der Waals surface area contributed by atoms with Crippen molar-refractivity contribution in [3.05, 3.63) is 57.9 Å². The summed E-state index contributed by atoms with van der Waals surface area (Å²) in [6.45, 7) is 3.24. The molecule has 0 bridgehead atoms. The van der Waals surface area contributed by atoms with Gasteiger partial charge in [-0.3, -0.25) is 4.79 Å². The standard InChI is InChI=1S/C14H14N2O4/c1-9-8-12(17)16(19)14(18)13(9)10(2)15-20-11-6-4-3-5-7-11/h3-8,18-19H,1-2H3. The Morgan fingerprint density at radius 1 is 1.30 bits per heavy atom. The van der Waals surface area contributed by atoms with Crippen molar-refractivity contribution >= 4 is 5.71 Å². The van der Waals surface area contributed by atoms with Crippen molar-refractivity contribution in [3.63, 3.8) is 0 Å². The normalized spacial score (nSPS) is 11.4. The molecule has 0 saturated heterocycles. The van der Waals surface area contributed by atoms with Crippen LogP contribution in [0, 0.1) is 6.92 Å². The van der Waals surface area contributed by atoms with Gasteiger partial charge in [-0.1, -0.05) is 23.4 Å². The number of nitrogens with zero attached hydrogens (tertiary/aromatic N) is 2. The Morgan fingerprint density at radius 3 is 2.60 bits per heavy atom. The van der Waals surface area contributed by atoms with Crippen LogP contribution in [-0.4, -0.2) is 20.8 Å². The predicted molar refractivity (Wildman–Crippen MR) is 73.6 cm³/mol. The molecule has 0 aliphatic carbocycles. The van der Waals surface area contributed by atoms with Crippen LogP contribution < -0.4 is 10.4 Å². The fourth-order valence-electron chi connectivity index (χ4n) is 1.80. The number of aromatic hydroxyl groups is 1. The van der Waals surface area contributed by atoms with Crippen molar-refractivity contribution in [2.24, 2.45) is 5.16 Å². The molecule has 0 amide bonds. The highest BCUT2D eigenvalue weighted by Crippen LogP contribution is 2.19. The molecule has 0 aliphatic rings. The lowest BCUT2D eigenvalue weighted by Crippen LogP contribution is -2.20. The Morgan fingerprint density at radius 2 is 1.95 bits per heavy atom. The molecule has 1 aromatic heterocycles. The Kier molecular flexibility index (Phi) is 3.74. The number of rotatable bonds is 3. The lowest BCUT2D eigenvalue weighted by molar-refractivity contribution is 0.143. The molecular formula is C14H14N2O4. The highest BCUT2D eigenvalue weighted by molar-refractivity contribution is 6.01. The van der Waals surface area contributed by atoms with Crippen molar-refractivity contribution < 1.29 is 15.2 Å². The first kappa shape index (κ1) is 13.7. The smallest absolute Gasteiger partial charge is 0.286 e. The zero-order valence-electron chi connectivity index (χ0n) is 11.1. The molecule has 0 saturated carbocycles. The summed E-state index contributed by atoms with van der Waals surface area (Å²) in [5, 5.41) is 23.1. The summed E-state index contributed by atoms with van der Waals surface area (Å²) in [7, 11) is 0. The summed E-state index contributed by atoms with van der Waals surface area (Å²) in [5.41, 5.74) is 0.380. The first-order valence-electron chi connectivity index (χ1n) is 5.92. The van der Waals surface area contributed by atoms with Gasteiger partial charge in [0.15, 0.2) is 5.75 Å². The van der Waals surface area contributed by atoms with E-state index in [1.807, 2.05) is 6.07 Å². The first-order valence-corrected chi connectivity index (χ1v) is 5.92. The van der Waals surface area contributed by atoms with E-state index in [0.29, 0.717) is 17.0 Å². The van der Waals surface area contributed by atoms with E-state index in [9.17, 15) is 15.1 Å². The second kappa shape index (κ2) is 5.48. The largest absolute Gasteiger partial charge is 0.492 e. The third kappa shape index (κ3) is 2.64. The minimum absolute atomic E-state index is 0.171. The SMILES string of the molecule is CC(=NOc1ccccc1)c1c(C)cc(=O)n(O)c1O. The van der Waals surface area contributed by atoms with Gasteiger partial charge in [-0.15, -0.1) is 4.73 Å². The summed E-state index contributed by atoms with van der Waals surface area (Å²) >= 11 is 0. The van der Waals surface area contributed by atoms with Crippen molar-refractivity contribution in [3.8, 4) is 11.6 Å². The molecule has 2 N–H and O–H groups in total. The van der Waals surface area contributed by atoms with Gasteiger partial charge >= 0.3 is 0 Å². The summed E-state index contributed by atoms with van der Waals surface area (Å²) < 4.78 is 0.171. The third-order valence-corrected chi connectivity index (χ3v) is 2.76. The minimum atomic E-state index is -0.708. The quantitative estimate of drug-likeness (QED) is 0.508. The van der Waals surface area contributed by atoms with Crippen LogP contribution in [-0.2, 0) is 0 Å². The van der Waals surface area contributed by atoms with Crippen LogP contribution in [0.1, 0.15) is 18.1 Å². The highest BCUT2D eigenvalue weighted by Gasteiger charge is 2.15. The Balaban J connectivity index is 2.37. The molecule has 0 atom stereocenters. The van der Waals surface area contributed by atoms with Gasteiger partial charge < -0.3 is 15.2 Å². The van der Waals surface area contributed by atoms with Gasteiger partial charge in [0.2, 0.25) is 5.88 Å². The van der Waals surface area contributed by atoms with Gasteiger partial charge in [-0.25, -0.2) is 0 Å². The topological polar surface area (TPSA) is 84.0 Å². The van der Waals surface area contributed by atoms with Crippen molar-refractivity contribution in [1.29, 1.82) is 0 Å². The maximum atomic E-state index is 11.3. The van der Waals surface area contributed by atoms with Crippen LogP contribution >= 0.6 is 0 Å². The fourth-order valence-corrected chi connectivity index (χ4v) is 1.80. The minimum Gasteiger partial charge on any atom is -0.492 e. The Hall–Kier alpha value is -2.76. The average Bonchev–Trinajstić information content (AvgIpc) is 2.44. The molecule has 1 aromatic carbocycles. The van der Waals surface area contributed by atoms with Crippen molar-refractivity contribution in [2.45, 2.75) is 13.8 Å². The zero-order chi connectivity index (χ0) is 14.7. The van der Waals surface area contributed by atoms with Gasteiger partial charge in [0.1, 0.15) is 0 Å². The fraction of sp³-hybridized carbons (Fsp3) is 0.143. The molecule has 6 heteroatoms. The summed E-state index contributed by atoms with van der Waals surface area (Å²) in [6.07, 6.45) is 0. The molecule has 20 heavy (non-hydrogen) atoms. The molecular weight excluding hydrogens is 260 g/mol. The number of hydrogen-bond acceptors (Lipinski definition) is 5. The van der Waals surface area contributed by atoms with Crippen LogP contribution in [0.25, 0.3) is 0 Å². The van der Waals surface area contributed by atoms with E-state index < -0.39 is 11.4 Å². The average molecular weight is 274 g/mol. The summed E-state index contributed by atoms with van der Waals surface area (Å²) in [5.74, 6) is -0.0192. The van der Waals surface area contributed by atoms with Gasteiger partial charge in [0.05, 0.1) is 11.3 Å². The first-order chi connectivity index (χ1) is 9.50.